The van der Waals surface area contributed by atoms with Crippen LogP contribution in [0, 0.1) is 0 Å². The highest BCUT2D eigenvalue weighted by Crippen LogP contribution is 2.45. The van der Waals surface area contributed by atoms with Crippen LogP contribution in [0.5, 0.6) is 0 Å². The number of hydrogen-bond acceptors (Lipinski definition) is 7. The highest BCUT2D eigenvalue weighted by molar-refractivity contribution is 7.47. The van der Waals surface area contributed by atoms with Gasteiger partial charge in [0.25, 0.3) is 0 Å². The van der Waals surface area contributed by atoms with Gasteiger partial charge in [-0.05, 0) is 6.42 Å². The minimum atomic E-state index is -4.57. The third-order valence-electron chi connectivity index (χ3n) is 5.26. The molecule has 3 N–H and O–H groups in total. The van der Waals surface area contributed by atoms with E-state index in [1.54, 1.807) is 0 Å². The second-order valence-corrected chi connectivity index (χ2v) is 10.8. The predicted molar refractivity (Wildman–Crippen MR) is 124 cm³/mol. The van der Waals surface area contributed by atoms with Crippen LogP contribution >= 0.6 is 7.82 Å². The van der Waals surface area contributed by atoms with Crippen molar-refractivity contribution in [2.24, 2.45) is 0 Å². The van der Waals surface area contributed by atoms with Gasteiger partial charge in [-0.25, -0.2) is 9.45 Å². The van der Waals surface area contributed by atoms with Gasteiger partial charge in [0.2, 0.25) is 0 Å². The molecule has 0 amide bonds. The van der Waals surface area contributed by atoms with Crippen LogP contribution in [0.2, 0.25) is 0 Å². The van der Waals surface area contributed by atoms with Crippen molar-refractivity contribution < 1.29 is 43.0 Å². The molecular formula is C22H47NO8P+. The second-order valence-electron chi connectivity index (χ2n) is 9.42. The number of phosphoric acid groups is 1. The molecule has 0 heterocycles. The molecule has 0 aromatic rings. The van der Waals surface area contributed by atoms with Gasteiger partial charge in [0.15, 0.2) is 11.9 Å². The van der Waals surface area contributed by atoms with Crippen molar-refractivity contribution in [3.05, 3.63) is 0 Å². The van der Waals surface area contributed by atoms with E-state index < -0.39 is 32.4 Å². The molecule has 0 fully saturated rings. The summed E-state index contributed by atoms with van der Waals surface area (Å²) in [4.78, 5) is 26.6. The van der Waals surface area contributed by atoms with Crippen molar-refractivity contribution in [3.63, 3.8) is 0 Å². The van der Waals surface area contributed by atoms with E-state index in [-0.39, 0.29) is 13.0 Å². The van der Waals surface area contributed by atoms with Crippen LogP contribution in [-0.2, 0) is 23.3 Å². The van der Waals surface area contributed by atoms with Crippen molar-refractivity contribution in [3.8, 4) is 0 Å². The van der Waals surface area contributed by atoms with E-state index in [9.17, 15) is 19.4 Å². The normalized spacial score (nSPS) is 16.0. The monoisotopic (exact) mass is 484 g/mol. The van der Waals surface area contributed by atoms with Gasteiger partial charge in [-0.2, -0.15) is 0 Å². The Morgan fingerprint density at radius 3 is 1.88 bits per heavy atom. The summed E-state index contributed by atoms with van der Waals surface area (Å²) in [5.74, 6) is -0.515. The maximum atomic E-state index is 12.6. The lowest BCUT2D eigenvalue weighted by molar-refractivity contribution is -0.870. The standard InChI is InChI=1S/C22H46NO8P/c1-5-6-7-8-9-10-11-12-13-14-15-16-20(25)22(21(19-24)30-26)31-32(27,28)29-18-17-23(2,3)4/h21-22,24H,5-19H2,1-4H3,(H-,26,27,28)/p+1/t21-,22?/m0/s1. The van der Waals surface area contributed by atoms with Gasteiger partial charge >= 0.3 is 7.82 Å². The topological polar surface area (TPSA) is 123 Å². The Morgan fingerprint density at radius 1 is 0.938 bits per heavy atom. The molecule has 0 saturated carbocycles. The third kappa shape index (κ3) is 17.1. The number of likely N-dealkylation sites (N-methyl/N-ethyl adjacent to an activating group) is 1. The molecule has 0 saturated heterocycles. The van der Waals surface area contributed by atoms with Crippen LogP contribution in [0.25, 0.3) is 0 Å². The first-order chi connectivity index (χ1) is 15.1. The summed E-state index contributed by atoms with van der Waals surface area (Å²) in [6.45, 7) is 1.86. The Balaban J connectivity index is 4.35. The summed E-state index contributed by atoms with van der Waals surface area (Å²) >= 11 is 0. The molecule has 0 aromatic heterocycles. The van der Waals surface area contributed by atoms with Crippen molar-refractivity contribution in [2.45, 2.75) is 96.2 Å². The van der Waals surface area contributed by atoms with E-state index in [0.717, 1.165) is 19.3 Å². The molecular weight excluding hydrogens is 437 g/mol. The Bertz CT molecular complexity index is 523. The highest BCUT2D eigenvalue weighted by Gasteiger charge is 2.37. The van der Waals surface area contributed by atoms with E-state index in [0.29, 0.717) is 17.4 Å². The Morgan fingerprint density at radius 2 is 1.44 bits per heavy atom. The zero-order valence-electron chi connectivity index (χ0n) is 20.5. The summed E-state index contributed by atoms with van der Waals surface area (Å²) in [5.41, 5.74) is 0. The van der Waals surface area contributed by atoms with E-state index in [1.807, 2.05) is 21.1 Å². The first-order valence-corrected chi connectivity index (χ1v) is 13.5. The lowest BCUT2D eigenvalue weighted by Crippen LogP contribution is -2.40. The van der Waals surface area contributed by atoms with Crippen LogP contribution in [-0.4, -0.2) is 78.6 Å². The van der Waals surface area contributed by atoms with Gasteiger partial charge in [0.05, 0.1) is 27.7 Å². The molecule has 9 nitrogen and oxygen atoms in total. The molecule has 2 unspecified atom stereocenters. The van der Waals surface area contributed by atoms with Gasteiger partial charge in [0, 0.05) is 6.42 Å². The fourth-order valence-corrected chi connectivity index (χ4v) is 4.14. The molecule has 10 heteroatoms. The minimum absolute atomic E-state index is 0.0550. The smallest absolute Gasteiger partial charge is 0.393 e. The molecule has 0 rings (SSSR count). The Kier molecular flexibility index (Phi) is 17.8. The molecule has 3 atom stereocenters. The summed E-state index contributed by atoms with van der Waals surface area (Å²) in [6.07, 6.45) is 9.52. The van der Waals surface area contributed by atoms with E-state index in [4.69, 9.17) is 14.3 Å². The second kappa shape index (κ2) is 18.0. The molecule has 0 aromatic carbocycles. The zero-order chi connectivity index (χ0) is 24.5. The summed E-state index contributed by atoms with van der Waals surface area (Å²) in [7, 11) is 1.12. The molecule has 0 radical (unpaired) electrons. The van der Waals surface area contributed by atoms with E-state index >= 15 is 0 Å². The Hall–Kier alpha value is -0.380. The third-order valence-corrected chi connectivity index (χ3v) is 6.26. The van der Waals surface area contributed by atoms with Gasteiger partial charge in [-0.1, -0.05) is 71.1 Å². The van der Waals surface area contributed by atoms with Crippen LogP contribution in [0.15, 0.2) is 0 Å². The largest absolute Gasteiger partial charge is 0.473 e. The minimum Gasteiger partial charge on any atom is -0.393 e. The molecule has 0 aliphatic heterocycles. The van der Waals surface area contributed by atoms with Gasteiger partial charge < -0.3 is 14.5 Å². The Labute approximate surface area is 194 Å². The van der Waals surface area contributed by atoms with Crippen LogP contribution in [0.3, 0.4) is 0 Å². The average Bonchev–Trinajstić information content (AvgIpc) is 2.70. The van der Waals surface area contributed by atoms with Crippen molar-refractivity contribution in [1.82, 2.24) is 0 Å². The molecule has 0 aliphatic rings. The number of rotatable bonds is 22. The number of unbranched alkanes of at least 4 members (excludes halogenated alkanes) is 10. The number of phosphoric ester groups is 1. The van der Waals surface area contributed by atoms with Gasteiger partial charge in [0.1, 0.15) is 19.3 Å². The number of Topliss-reactive ketones (excluding diaryl/α,β-unsaturated/α-hetero) is 1. The van der Waals surface area contributed by atoms with Crippen molar-refractivity contribution >= 4 is 13.6 Å². The number of hydrogen-bond donors (Lipinski definition) is 3. The average molecular weight is 485 g/mol. The van der Waals surface area contributed by atoms with Gasteiger partial charge in [-0.3, -0.25) is 19.1 Å². The lowest BCUT2D eigenvalue weighted by atomic mass is 10.0. The maximum Gasteiger partial charge on any atom is 0.473 e. The molecule has 0 aliphatic carbocycles. The zero-order valence-corrected chi connectivity index (χ0v) is 21.4. The summed E-state index contributed by atoms with van der Waals surface area (Å²) in [5, 5.41) is 18.3. The van der Waals surface area contributed by atoms with Crippen molar-refractivity contribution in [1.29, 1.82) is 0 Å². The van der Waals surface area contributed by atoms with Gasteiger partial charge in [-0.15, -0.1) is 0 Å². The number of ketones is 1. The highest BCUT2D eigenvalue weighted by atomic mass is 31.2. The lowest BCUT2D eigenvalue weighted by Gasteiger charge is -2.26. The molecule has 0 spiro atoms. The number of aliphatic hydroxyl groups excluding tert-OH is 1. The van der Waals surface area contributed by atoms with Crippen LogP contribution in [0.4, 0.5) is 0 Å². The SMILES string of the molecule is CCCCCCCCCCCCCC(=O)C(OP(=O)(O)OCC[N+](C)(C)C)[C@H](CO)OO. The molecule has 32 heavy (non-hydrogen) atoms. The van der Waals surface area contributed by atoms with Crippen LogP contribution in [0.1, 0.15) is 84.0 Å². The van der Waals surface area contributed by atoms with E-state index in [2.05, 4.69) is 11.8 Å². The number of carbonyl (C=O) groups is 1. The molecule has 192 valence electrons. The number of quaternary nitrogens is 1. The summed E-state index contributed by atoms with van der Waals surface area (Å²) in [6, 6.07) is 0. The predicted octanol–water partition coefficient (Wildman–Crippen LogP) is 4.32. The number of aliphatic hydroxyl groups is 1. The fourth-order valence-electron chi connectivity index (χ4n) is 3.23. The number of carbonyl (C=O) groups excluding carboxylic acids is 1. The van der Waals surface area contributed by atoms with Crippen LogP contribution < -0.4 is 0 Å². The summed E-state index contributed by atoms with van der Waals surface area (Å²) < 4.78 is 22.7. The first-order valence-electron chi connectivity index (χ1n) is 12.0. The van der Waals surface area contributed by atoms with E-state index in [1.165, 1.54) is 44.9 Å². The number of nitrogens with zero attached hydrogens (tertiary/aromatic N) is 1. The van der Waals surface area contributed by atoms with Crippen molar-refractivity contribution in [2.75, 3.05) is 40.9 Å². The fraction of sp³-hybridized carbons (Fsp3) is 0.955. The maximum absolute atomic E-state index is 12.6. The first kappa shape index (κ1) is 31.6. The quantitative estimate of drug-likeness (QED) is 0.0683. The molecule has 0 bridgehead atoms.